The zero-order valence-corrected chi connectivity index (χ0v) is 17.6. The Morgan fingerprint density at radius 2 is 1.85 bits per heavy atom. The van der Waals surface area contributed by atoms with E-state index in [9.17, 15) is 9.35 Å². The highest BCUT2D eigenvalue weighted by molar-refractivity contribution is 7.90. The van der Waals surface area contributed by atoms with Crippen LogP contribution in [0.25, 0.3) is 0 Å². The third-order valence-corrected chi connectivity index (χ3v) is 7.47. The minimum atomic E-state index is -1.12. The van der Waals surface area contributed by atoms with E-state index in [2.05, 4.69) is 29.0 Å². The van der Waals surface area contributed by atoms with Crippen molar-refractivity contribution in [1.29, 1.82) is 0 Å². The lowest BCUT2D eigenvalue weighted by Crippen LogP contribution is -2.54. The van der Waals surface area contributed by atoms with Crippen molar-refractivity contribution >= 4 is 17.5 Å². The molecule has 1 aromatic carbocycles. The number of hydrogen-bond donors (Lipinski definition) is 1. The van der Waals surface area contributed by atoms with Gasteiger partial charge in [-0.3, -0.25) is 0 Å². The van der Waals surface area contributed by atoms with E-state index in [1.165, 1.54) is 12.7 Å². The number of rotatable bonds is 5. The van der Waals surface area contributed by atoms with Crippen LogP contribution in [0.4, 0.5) is 4.79 Å². The van der Waals surface area contributed by atoms with Crippen LogP contribution in [-0.4, -0.2) is 45.5 Å². The number of benzene rings is 1. The van der Waals surface area contributed by atoms with Gasteiger partial charge in [0, 0.05) is 23.4 Å². The first kappa shape index (κ1) is 20.5. The molecule has 5 nitrogen and oxygen atoms in total. The first-order valence-electron chi connectivity index (χ1n) is 9.88. The number of carbonyl (C=O) groups excluding carboxylic acids is 1. The van der Waals surface area contributed by atoms with E-state index in [0.717, 1.165) is 32.1 Å². The third-order valence-electron chi connectivity index (χ3n) is 5.84. The van der Waals surface area contributed by atoms with Crippen molar-refractivity contribution in [3.63, 3.8) is 0 Å². The molecule has 0 saturated carbocycles. The molecule has 5 atom stereocenters. The predicted molar refractivity (Wildman–Crippen MR) is 109 cm³/mol. The van der Waals surface area contributed by atoms with Gasteiger partial charge >= 0.3 is 6.09 Å². The maximum absolute atomic E-state index is 12.8. The van der Waals surface area contributed by atoms with Gasteiger partial charge in [-0.25, -0.2) is 4.79 Å². The number of piperidine rings is 1. The summed E-state index contributed by atoms with van der Waals surface area (Å²) in [5.74, 6) is 0.398. The van der Waals surface area contributed by atoms with Crippen LogP contribution in [0, 0.1) is 5.92 Å². The van der Waals surface area contributed by atoms with E-state index in [1.54, 1.807) is 0 Å². The molecule has 0 radical (unpaired) electrons. The Morgan fingerprint density at radius 1 is 1.26 bits per heavy atom. The van der Waals surface area contributed by atoms with Crippen molar-refractivity contribution in [2.45, 2.75) is 75.7 Å². The summed E-state index contributed by atoms with van der Waals surface area (Å²) in [4.78, 5) is 14.1. The Balaban J connectivity index is 1.76. The van der Waals surface area contributed by atoms with Gasteiger partial charge in [0.2, 0.25) is 0 Å². The zero-order valence-electron chi connectivity index (χ0n) is 16.8. The highest BCUT2D eigenvalue weighted by Crippen LogP contribution is 2.41. The van der Waals surface area contributed by atoms with Gasteiger partial charge in [0.1, 0.15) is 4.75 Å². The standard InChI is InChI=1S/C21H32N2O3S/c1-21(2,3)27(25)22-19(12-15-8-6-5-7-9-15)16-13-17-10-11-18(14-16)23(17)20(24)26-4/h5-9,16-19,22H,10-14H2,1-4H3/t16?,17-,18+,19-,27?/m1/s1. The first-order valence-corrected chi connectivity index (χ1v) is 11.0. The summed E-state index contributed by atoms with van der Waals surface area (Å²) in [5, 5.41) is 0. The molecule has 1 N–H and O–H groups in total. The van der Waals surface area contributed by atoms with Crippen molar-refractivity contribution in [3.8, 4) is 0 Å². The molecule has 2 aliphatic rings. The minimum Gasteiger partial charge on any atom is -0.598 e. The van der Waals surface area contributed by atoms with E-state index in [4.69, 9.17) is 4.74 Å². The number of hydrogen-bond acceptors (Lipinski definition) is 4. The van der Waals surface area contributed by atoms with Crippen molar-refractivity contribution in [1.82, 2.24) is 9.62 Å². The van der Waals surface area contributed by atoms with Crippen LogP contribution in [0.15, 0.2) is 30.3 Å². The van der Waals surface area contributed by atoms with Gasteiger partial charge in [0.25, 0.3) is 0 Å². The van der Waals surface area contributed by atoms with Crippen LogP contribution in [0.2, 0.25) is 0 Å². The fraction of sp³-hybridized carbons (Fsp3) is 0.667. The van der Waals surface area contributed by atoms with Gasteiger partial charge in [-0.1, -0.05) is 30.3 Å². The minimum absolute atomic E-state index is 0.135. The molecule has 2 fully saturated rings. The maximum atomic E-state index is 12.8. The first-order chi connectivity index (χ1) is 12.8. The molecular weight excluding hydrogens is 360 g/mol. The summed E-state index contributed by atoms with van der Waals surface area (Å²) in [7, 11) is 1.46. The molecular formula is C21H32N2O3S. The van der Waals surface area contributed by atoms with Crippen molar-refractivity contribution in [3.05, 3.63) is 35.9 Å². The molecule has 2 unspecified atom stereocenters. The summed E-state index contributed by atoms with van der Waals surface area (Å²) in [6.07, 6.45) is 4.61. The Labute approximate surface area is 166 Å². The summed E-state index contributed by atoms with van der Waals surface area (Å²) in [6, 6.07) is 11.0. The normalized spacial score (nSPS) is 27.3. The van der Waals surface area contributed by atoms with Crippen LogP contribution in [0.3, 0.4) is 0 Å². The molecule has 2 aliphatic heterocycles. The molecule has 0 aliphatic carbocycles. The fourth-order valence-corrected chi connectivity index (χ4v) is 5.34. The highest BCUT2D eigenvalue weighted by Gasteiger charge is 2.46. The van der Waals surface area contributed by atoms with Crippen LogP contribution in [0.5, 0.6) is 0 Å². The number of fused-ring (bicyclic) bond motifs is 2. The second-order valence-electron chi connectivity index (χ2n) is 8.79. The van der Waals surface area contributed by atoms with Crippen LogP contribution in [0.1, 0.15) is 52.0 Å². The van der Waals surface area contributed by atoms with Crippen LogP contribution < -0.4 is 4.72 Å². The quantitative estimate of drug-likeness (QED) is 0.777. The molecule has 2 bridgehead atoms. The number of amides is 1. The molecule has 150 valence electrons. The zero-order chi connectivity index (χ0) is 19.6. The molecule has 27 heavy (non-hydrogen) atoms. The van der Waals surface area contributed by atoms with Crippen molar-refractivity contribution < 1.29 is 14.1 Å². The molecule has 6 heteroatoms. The van der Waals surface area contributed by atoms with Gasteiger partial charge in [-0.15, -0.1) is 4.72 Å². The third kappa shape index (κ3) is 4.79. The summed E-state index contributed by atoms with van der Waals surface area (Å²) >= 11 is -1.12. The molecule has 2 saturated heterocycles. The van der Waals surface area contributed by atoms with E-state index in [-0.39, 0.29) is 29.0 Å². The lowest BCUT2D eigenvalue weighted by molar-refractivity contribution is 0.0650. The number of carbonyl (C=O) groups is 1. The van der Waals surface area contributed by atoms with Gasteiger partial charge in [0.15, 0.2) is 0 Å². The second-order valence-corrected chi connectivity index (χ2v) is 10.8. The van der Waals surface area contributed by atoms with E-state index < -0.39 is 11.4 Å². The van der Waals surface area contributed by atoms with Crippen molar-refractivity contribution in [2.75, 3.05) is 7.11 Å². The van der Waals surface area contributed by atoms with Gasteiger partial charge in [-0.2, -0.15) is 0 Å². The maximum Gasteiger partial charge on any atom is 0.409 e. The van der Waals surface area contributed by atoms with E-state index in [1.807, 2.05) is 31.7 Å². The second kappa shape index (κ2) is 8.41. The Hall–Kier alpha value is -1.24. The average Bonchev–Trinajstić information content (AvgIpc) is 2.90. The van der Waals surface area contributed by atoms with E-state index >= 15 is 0 Å². The number of methoxy groups -OCH3 is 1. The van der Waals surface area contributed by atoms with Gasteiger partial charge in [-0.05, 0) is 64.4 Å². The molecule has 2 heterocycles. The number of ether oxygens (including phenoxy) is 1. The van der Waals surface area contributed by atoms with E-state index in [0.29, 0.717) is 5.92 Å². The fourth-order valence-electron chi connectivity index (χ4n) is 4.44. The summed E-state index contributed by atoms with van der Waals surface area (Å²) in [5.41, 5.74) is 1.25. The molecule has 1 aromatic rings. The average molecular weight is 393 g/mol. The molecule has 0 aromatic heterocycles. The lowest BCUT2D eigenvalue weighted by atomic mass is 9.83. The monoisotopic (exact) mass is 392 g/mol. The number of nitrogens with zero attached hydrogens (tertiary/aromatic N) is 1. The highest BCUT2D eigenvalue weighted by atomic mass is 32.2. The predicted octanol–water partition coefficient (Wildman–Crippen LogP) is 3.66. The van der Waals surface area contributed by atoms with Gasteiger partial charge in [0.05, 0.1) is 13.2 Å². The van der Waals surface area contributed by atoms with Crippen molar-refractivity contribution in [2.24, 2.45) is 5.92 Å². The lowest BCUT2D eigenvalue weighted by Gasteiger charge is -2.41. The van der Waals surface area contributed by atoms with Gasteiger partial charge < -0.3 is 14.2 Å². The molecule has 3 rings (SSSR count). The largest absolute Gasteiger partial charge is 0.598 e. The Bertz CT molecular complexity index is 620. The number of nitrogens with one attached hydrogen (secondary N) is 1. The van der Waals surface area contributed by atoms with Crippen LogP contribution in [-0.2, 0) is 22.5 Å². The summed E-state index contributed by atoms with van der Waals surface area (Å²) < 4.78 is 20.9. The smallest absolute Gasteiger partial charge is 0.409 e. The molecule has 1 amide bonds. The molecule has 0 spiro atoms. The Morgan fingerprint density at radius 3 is 2.37 bits per heavy atom. The summed E-state index contributed by atoms with van der Waals surface area (Å²) in [6.45, 7) is 6.00. The SMILES string of the molecule is COC(=O)N1[C@@H]2CC[C@H]1CC([C@@H](Cc1ccccc1)N[S+]([O-])C(C)(C)C)C2. The topological polar surface area (TPSA) is 64.6 Å². The van der Waals surface area contributed by atoms with Crippen LogP contribution >= 0.6 is 0 Å². The Kier molecular flexibility index (Phi) is 6.39.